The molecular formula is C10H20N2O. The van der Waals surface area contributed by atoms with Crippen molar-refractivity contribution < 1.29 is 4.79 Å². The zero-order valence-electron chi connectivity index (χ0n) is 8.76. The number of carbonyl (C=O) groups is 1. The lowest BCUT2D eigenvalue weighted by Crippen LogP contribution is -2.39. The summed E-state index contributed by atoms with van der Waals surface area (Å²) in [5.74, 6) is 1.06. The van der Waals surface area contributed by atoms with Crippen LogP contribution >= 0.6 is 0 Å². The highest BCUT2D eigenvalue weighted by Gasteiger charge is 2.39. The van der Waals surface area contributed by atoms with E-state index in [1.54, 1.807) is 0 Å². The maximum atomic E-state index is 11.4. The molecule has 0 saturated heterocycles. The molecular weight excluding hydrogens is 164 g/mol. The first kappa shape index (κ1) is 10.5. The molecule has 0 aromatic heterocycles. The van der Waals surface area contributed by atoms with Crippen molar-refractivity contribution in [3.05, 3.63) is 0 Å². The van der Waals surface area contributed by atoms with Crippen LogP contribution in [0.3, 0.4) is 0 Å². The molecule has 1 fully saturated rings. The van der Waals surface area contributed by atoms with Crippen LogP contribution in [0.1, 0.15) is 27.2 Å². The third kappa shape index (κ3) is 2.99. The molecule has 1 rings (SSSR count). The fourth-order valence-corrected chi connectivity index (χ4v) is 1.22. The van der Waals surface area contributed by atoms with Crippen LogP contribution in [-0.2, 0) is 4.79 Å². The first-order valence-corrected chi connectivity index (χ1v) is 4.94. The lowest BCUT2D eigenvalue weighted by molar-refractivity contribution is -0.123. The van der Waals surface area contributed by atoms with E-state index >= 15 is 0 Å². The van der Waals surface area contributed by atoms with Crippen molar-refractivity contribution in [1.82, 2.24) is 5.32 Å². The second-order valence-corrected chi connectivity index (χ2v) is 4.91. The van der Waals surface area contributed by atoms with E-state index in [1.165, 1.54) is 0 Å². The molecule has 0 aliphatic heterocycles. The number of hydrogen-bond acceptors (Lipinski definition) is 2. The Bertz CT molecular complexity index is 201. The summed E-state index contributed by atoms with van der Waals surface area (Å²) in [7, 11) is 0. The van der Waals surface area contributed by atoms with Gasteiger partial charge in [0.15, 0.2) is 0 Å². The third-order valence-electron chi connectivity index (χ3n) is 2.74. The molecule has 3 N–H and O–H groups in total. The van der Waals surface area contributed by atoms with E-state index < -0.39 is 0 Å². The zero-order valence-corrected chi connectivity index (χ0v) is 8.76. The Morgan fingerprint density at radius 3 is 2.54 bits per heavy atom. The van der Waals surface area contributed by atoms with E-state index in [4.69, 9.17) is 5.73 Å². The summed E-state index contributed by atoms with van der Waals surface area (Å²) in [5.41, 5.74) is 5.58. The van der Waals surface area contributed by atoms with Crippen molar-refractivity contribution in [3.63, 3.8) is 0 Å². The van der Waals surface area contributed by atoms with Crippen LogP contribution in [0.15, 0.2) is 0 Å². The third-order valence-corrected chi connectivity index (χ3v) is 2.74. The van der Waals surface area contributed by atoms with Gasteiger partial charge in [0.2, 0.25) is 5.91 Å². The van der Waals surface area contributed by atoms with Gasteiger partial charge in [0.1, 0.15) is 0 Å². The van der Waals surface area contributed by atoms with Crippen molar-refractivity contribution in [2.75, 3.05) is 13.1 Å². The van der Waals surface area contributed by atoms with Gasteiger partial charge in [-0.25, -0.2) is 0 Å². The van der Waals surface area contributed by atoms with E-state index in [2.05, 4.69) is 26.1 Å². The van der Waals surface area contributed by atoms with Crippen molar-refractivity contribution >= 4 is 5.91 Å². The van der Waals surface area contributed by atoms with Gasteiger partial charge in [-0.15, -0.1) is 0 Å². The maximum absolute atomic E-state index is 11.4. The lowest BCUT2D eigenvalue weighted by atomic mass is 9.94. The Morgan fingerprint density at radius 2 is 2.15 bits per heavy atom. The summed E-state index contributed by atoms with van der Waals surface area (Å²) in [6.07, 6.45) is 1.05. The Balaban J connectivity index is 2.22. The van der Waals surface area contributed by atoms with Gasteiger partial charge in [-0.05, 0) is 24.3 Å². The molecule has 0 aromatic rings. The topological polar surface area (TPSA) is 55.1 Å². The van der Waals surface area contributed by atoms with Crippen LogP contribution in [0.4, 0.5) is 0 Å². The molecule has 1 aliphatic carbocycles. The van der Waals surface area contributed by atoms with Gasteiger partial charge in [-0.1, -0.05) is 20.8 Å². The minimum atomic E-state index is 0.0216. The molecule has 2 unspecified atom stereocenters. The molecule has 0 radical (unpaired) electrons. The highest BCUT2D eigenvalue weighted by atomic mass is 16.2. The Labute approximate surface area is 80.1 Å². The largest absolute Gasteiger partial charge is 0.355 e. The zero-order chi connectivity index (χ0) is 10.1. The van der Waals surface area contributed by atoms with Crippen LogP contribution < -0.4 is 11.1 Å². The standard InChI is InChI=1S/C10H20N2O/c1-7-4-8(7)9(13)12-6-10(2,3)5-11/h7-8H,4-6,11H2,1-3H3,(H,12,13). The molecule has 3 nitrogen and oxygen atoms in total. The number of nitrogens with one attached hydrogen (secondary N) is 1. The highest BCUT2D eigenvalue weighted by molar-refractivity contribution is 5.81. The summed E-state index contributed by atoms with van der Waals surface area (Å²) in [5, 5.41) is 2.95. The van der Waals surface area contributed by atoms with Gasteiger partial charge in [0.05, 0.1) is 0 Å². The first-order chi connectivity index (χ1) is 5.96. The van der Waals surface area contributed by atoms with E-state index in [1.807, 2.05) is 0 Å². The van der Waals surface area contributed by atoms with Gasteiger partial charge in [-0.3, -0.25) is 4.79 Å². The molecule has 0 bridgehead atoms. The molecule has 0 spiro atoms. The summed E-state index contributed by atoms with van der Waals surface area (Å²) in [6.45, 7) is 7.52. The van der Waals surface area contributed by atoms with Crippen molar-refractivity contribution in [2.24, 2.45) is 23.0 Å². The fraction of sp³-hybridized carbons (Fsp3) is 0.900. The second-order valence-electron chi connectivity index (χ2n) is 4.91. The second kappa shape index (κ2) is 3.66. The Morgan fingerprint density at radius 1 is 1.62 bits per heavy atom. The number of carbonyl (C=O) groups excluding carboxylic acids is 1. The fourth-order valence-electron chi connectivity index (χ4n) is 1.22. The van der Waals surface area contributed by atoms with Gasteiger partial charge in [0, 0.05) is 12.5 Å². The smallest absolute Gasteiger partial charge is 0.223 e. The highest BCUT2D eigenvalue weighted by Crippen LogP contribution is 2.37. The van der Waals surface area contributed by atoms with E-state index in [-0.39, 0.29) is 17.2 Å². The van der Waals surface area contributed by atoms with Gasteiger partial charge < -0.3 is 11.1 Å². The summed E-state index contributed by atoms with van der Waals surface area (Å²) < 4.78 is 0. The molecule has 1 amide bonds. The summed E-state index contributed by atoms with van der Waals surface area (Å²) in [4.78, 5) is 11.4. The number of nitrogens with two attached hydrogens (primary N) is 1. The molecule has 3 heteroatoms. The van der Waals surface area contributed by atoms with Crippen molar-refractivity contribution in [3.8, 4) is 0 Å². The van der Waals surface area contributed by atoms with Crippen LogP contribution in [0.25, 0.3) is 0 Å². The maximum Gasteiger partial charge on any atom is 0.223 e. The quantitative estimate of drug-likeness (QED) is 0.677. The molecule has 1 aliphatic rings. The Hall–Kier alpha value is -0.570. The normalized spacial score (nSPS) is 27.1. The summed E-state index contributed by atoms with van der Waals surface area (Å²) >= 11 is 0. The predicted octanol–water partition coefficient (Wildman–Crippen LogP) is 0.743. The minimum absolute atomic E-state index is 0.0216. The molecule has 13 heavy (non-hydrogen) atoms. The van der Waals surface area contributed by atoms with E-state index in [9.17, 15) is 4.79 Å². The average Bonchev–Trinajstić information content (AvgIpc) is 2.79. The number of hydrogen-bond donors (Lipinski definition) is 2. The minimum Gasteiger partial charge on any atom is -0.355 e. The van der Waals surface area contributed by atoms with Crippen molar-refractivity contribution in [2.45, 2.75) is 27.2 Å². The molecule has 2 atom stereocenters. The predicted molar refractivity (Wildman–Crippen MR) is 53.1 cm³/mol. The van der Waals surface area contributed by atoms with Crippen LogP contribution in [0.2, 0.25) is 0 Å². The lowest BCUT2D eigenvalue weighted by Gasteiger charge is -2.22. The number of rotatable bonds is 4. The van der Waals surface area contributed by atoms with Gasteiger partial charge in [-0.2, -0.15) is 0 Å². The molecule has 0 heterocycles. The monoisotopic (exact) mass is 184 g/mol. The summed E-state index contributed by atoms with van der Waals surface area (Å²) in [6, 6.07) is 0. The molecule has 76 valence electrons. The van der Waals surface area contributed by atoms with Gasteiger partial charge in [0.25, 0.3) is 0 Å². The van der Waals surface area contributed by atoms with Crippen LogP contribution in [0, 0.1) is 17.3 Å². The average molecular weight is 184 g/mol. The SMILES string of the molecule is CC1CC1C(=O)NCC(C)(C)CN. The van der Waals surface area contributed by atoms with Crippen LogP contribution in [-0.4, -0.2) is 19.0 Å². The molecule has 0 aromatic carbocycles. The first-order valence-electron chi connectivity index (χ1n) is 4.94. The van der Waals surface area contributed by atoms with E-state index in [0.29, 0.717) is 19.0 Å². The van der Waals surface area contributed by atoms with Gasteiger partial charge >= 0.3 is 0 Å². The Kier molecular flexibility index (Phi) is 2.96. The van der Waals surface area contributed by atoms with E-state index in [0.717, 1.165) is 6.42 Å². The van der Waals surface area contributed by atoms with Crippen LogP contribution in [0.5, 0.6) is 0 Å². The number of amides is 1. The molecule has 1 saturated carbocycles. The van der Waals surface area contributed by atoms with Crippen molar-refractivity contribution in [1.29, 1.82) is 0 Å².